The topological polar surface area (TPSA) is 97.7 Å². The maximum Gasteiger partial charge on any atom is 0.529 e. The zero-order valence-electron chi connectivity index (χ0n) is 15.0. The van der Waals surface area contributed by atoms with Crippen LogP contribution in [0.4, 0.5) is 0 Å². The van der Waals surface area contributed by atoms with Crippen LogP contribution in [0.1, 0.15) is 19.4 Å². The number of hydrogen-bond donors (Lipinski definition) is 2. The van der Waals surface area contributed by atoms with Gasteiger partial charge in [0.25, 0.3) is 0 Å². The number of benzene rings is 1. The van der Waals surface area contributed by atoms with Gasteiger partial charge in [-0.15, -0.1) is 0 Å². The van der Waals surface area contributed by atoms with Gasteiger partial charge < -0.3 is 14.7 Å². The van der Waals surface area contributed by atoms with Gasteiger partial charge in [0, 0.05) is 0 Å². The van der Waals surface area contributed by atoms with E-state index >= 15 is 0 Å². The van der Waals surface area contributed by atoms with Crippen molar-refractivity contribution in [2.75, 3.05) is 26.4 Å². The molecule has 146 valence electrons. The second kappa shape index (κ2) is 10.2. The Bertz CT molecular complexity index is 615. The van der Waals surface area contributed by atoms with Crippen LogP contribution < -0.4 is 0 Å². The van der Waals surface area contributed by atoms with Crippen LogP contribution in [0, 0.1) is 0 Å². The highest BCUT2D eigenvalue weighted by Gasteiger charge is 2.39. The second-order valence-corrected chi connectivity index (χ2v) is 7.13. The third kappa shape index (κ3) is 5.62. The van der Waals surface area contributed by atoms with E-state index in [1.807, 2.05) is 30.3 Å². The Labute approximate surface area is 153 Å². The van der Waals surface area contributed by atoms with Crippen LogP contribution in [0.5, 0.6) is 0 Å². The molecule has 0 unspecified atom stereocenters. The van der Waals surface area contributed by atoms with E-state index in [9.17, 15) is 14.8 Å². The summed E-state index contributed by atoms with van der Waals surface area (Å²) in [6.45, 7) is 3.62. The lowest BCUT2D eigenvalue weighted by atomic mass is 10.1. The molecule has 1 aromatic carbocycles. The summed E-state index contributed by atoms with van der Waals surface area (Å²) in [5, 5.41) is 21.2. The molecular formula is C17H26NO7P. The van der Waals surface area contributed by atoms with Crippen LogP contribution in [-0.2, 0) is 29.5 Å². The molecule has 26 heavy (non-hydrogen) atoms. The van der Waals surface area contributed by atoms with E-state index in [-0.39, 0.29) is 25.6 Å². The summed E-state index contributed by atoms with van der Waals surface area (Å²) in [4.78, 5) is 5.62. The Morgan fingerprint density at radius 3 is 2.50 bits per heavy atom. The van der Waals surface area contributed by atoms with Gasteiger partial charge in [0.1, 0.15) is 17.9 Å². The first kappa shape index (κ1) is 21.1. The summed E-state index contributed by atoms with van der Waals surface area (Å²) in [7, 11) is -3.83. The number of hydroxylamine groups is 2. The lowest BCUT2D eigenvalue weighted by Crippen LogP contribution is -2.48. The Balaban J connectivity index is 2.23. The smallest absolute Gasteiger partial charge is 0.407 e. The normalized spacial score (nSPS) is 19.8. The minimum atomic E-state index is -3.83. The molecule has 0 aliphatic carbocycles. The van der Waals surface area contributed by atoms with Crippen LogP contribution in [0.2, 0.25) is 0 Å². The molecule has 2 N–H and O–H groups in total. The average molecular weight is 387 g/mol. The standard InChI is InChI=1S/C17H26NO7P/c1-3-23-26(21,24-4-2)25-16-10-11-22-18(17(16)15(20)13-19)12-14-8-6-5-7-9-14/h5-10,15,17,19-20H,3-4,11-13H2,1-2H3/t15-,17+/m1/s1. The quantitative estimate of drug-likeness (QED) is 0.590. The number of phosphoric acid groups is 1. The van der Waals surface area contributed by atoms with E-state index in [1.54, 1.807) is 19.9 Å². The van der Waals surface area contributed by atoms with Gasteiger partial charge >= 0.3 is 7.82 Å². The third-order valence-corrected chi connectivity index (χ3v) is 5.23. The van der Waals surface area contributed by atoms with Crippen LogP contribution in [-0.4, -0.2) is 53.8 Å². The molecule has 1 aliphatic heterocycles. The molecule has 8 nitrogen and oxygen atoms in total. The first-order chi connectivity index (χ1) is 12.5. The number of nitrogens with zero attached hydrogens (tertiary/aromatic N) is 1. The van der Waals surface area contributed by atoms with Gasteiger partial charge in [-0.2, -0.15) is 5.06 Å². The van der Waals surface area contributed by atoms with Gasteiger partial charge in [-0.3, -0.25) is 13.9 Å². The molecule has 1 aliphatic rings. The lowest BCUT2D eigenvalue weighted by Gasteiger charge is -2.37. The molecule has 0 aromatic heterocycles. The van der Waals surface area contributed by atoms with Gasteiger partial charge in [0.2, 0.25) is 0 Å². The van der Waals surface area contributed by atoms with Crippen molar-refractivity contribution in [3.63, 3.8) is 0 Å². The van der Waals surface area contributed by atoms with Crippen molar-refractivity contribution >= 4 is 7.82 Å². The Morgan fingerprint density at radius 1 is 1.27 bits per heavy atom. The number of hydrogen-bond acceptors (Lipinski definition) is 8. The van der Waals surface area contributed by atoms with E-state index in [4.69, 9.17) is 18.4 Å². The number of phosphoric ester groups is 1. The lowest BCUT2D eigenvalue weighted by molar-refractivity contribution is -0.213. The average Bonchev–Trinajstić information content (AvgIpc) is 2.62. The summed E-state index contributed by atoms with van der Waals surface area (Å²) in [6, 6.07) is 8.65. The molecule has 0 amide bonds. The molecule has 0 fully saturated rings. The molecule has 0 bridgehead atoms. The van der Waals surface area contributed by atoms with Gasteiger partial charge in [0.05, 0.1) is 33.0 Å². The third-order valence-electron chi connectivity index (χ3n) is 3.65. The molecule has 9 heteroatoms. The number of aliphatic hydroxyl groups excluding tert-OH is 2. The first-order valence-corrected chi connectivity index (χ1v) is 10.00. The largest absolute Gasteiger partial charge is 0.529 e. The Morgan fingerprint density at radius 2 is 1.92 bits per heavy atom. The minimum absolute atomic E-state index is 0.141. The fraction of sp³-hybridized carbons (Fsp3) is 0.529. The molecule has 0 radical (unpaired) electrons. The molecule has 0 saturated carbocycles. The zero-order chi connectivity index (χ0) is 19.0. The molecule has 0 spiro atoms. The Kier molecular flexibility index (Phi) is 8.24. The maximum atomic E-state index is 12.7. The van der Waals surface area contributed by atoms with Crippen LogP contribution in [0.3, 0.4) is 0 Å². The van der Waals surface area contributed by atoms with Crippen LogP contribution in [0.25, 0.3) is 0 Å². The summed E-state index contributed by atoms with van der Waals surface area (Å²) < 4.78 is 28.5. The molecule has 1 aromatic rings. The zero-order valence-corrected chi connectivity index (χ0v) is 15.9. The summed E-state index contributed by atoms with van der Waals surface area (Å²) in [6.07, 6.45) is 0.345. The summed E-state index contributed by atoms with van der Waals surface area (Å²) >= 11 is 0. The number of aliphatic hydroxyl groups is 2. The number of rotatable bonds is 10. The fourth-order valence-electron chi connectivity index (χ4n) is 2.57. The van der Waals surface area contributed by atoms with Crippen molar-refractivity contribution in [1.82, 2.24) is 5.06 Å². The van der Waals surface area contributed by atoms with Crippen molar-refractivity contribution < 1.29 is 33.2 Å². The molecule has 1 heterocycles. The van der Waals surface area contributed by atoms with Crippen molar-refractivity contribution in [2.45, 2.75) is 32.5 Å². The highest BCUT2D eigenvalue weighted by molar-refractivity contribution is 7.48. The monoisotopic (exact) mass is 387 g/mol. The molecule has 0 saturated heterocycles. The van der Waals surface area contributed by atoms with Crippen LogP contribution >= 0.6 is 7.82 Å². The highest BCUT2D eigenvalue weighted by Crippen LogP contribution is 2.52. The van der Waals surface area contributed by atoms with Gasteiger partial charge in [-0.1, -0.05) is 30.3 Å². The predicted octanol–water partition coefficient (Wildman–Crippen LogP) is 2.24. The van der Waals surface area contributed by atoms with E-state index in [0.29, 0.717) is 6.54 Å². The highest BCUT2D eigenvalue weighted by atomic mass is 31.2. The van der Waals surface area contributed by atoms with Crippen molar-refractivity contribution in [3.8, 4) is 0 Å². The van der Waals surface area contributed by atoms with Gasteiger partial charge in [-0.05, 0) is 25.5 Å². The van der Waals surface area contributed by atoms with Crippen molar-refractivity contribution in [1.29, 1.82) is 0 Å². The Hall–Kier alpha value is -1.25. The first-order valence-electron chi connectivity index (χ1n) is 8.54. The van der Waals surface area contributed by atoms with E-state index in [0.717, 1.165) is 5.56 Å². The molecular weight excluding hydrogens is 361 g/mol. The van der Waals surface area contributed by atoms with E-state index in [2.05, 4.69) is 0 Å². The fourth-order valence-corrected chi connectivity index (χ4v) is 3.83. The van der Waals surface area contributed by atoms with Gasteiger partial charge in [0.15, 0.2) is 0 Å². The minimum Gasteiger partial charge on any atom is -0.407 e. The van der Waals surface area contributed by atoms with Crippen molar-refractivity contribution in [2.24, 2.45) is 0 Å². The summed E-state index contributed by atoms with van der Waals surface area (Å²) in [5.74, 6) is 0.180. The second-order valence-electron chi connectivity index (χ2n) is 5.53. The van der Waals surface area contributed by atoms with E-state index in [1.165, 1.54) is 5.06 Å². The van der Waals surface area contributed by atoms with Crippen molar-refractivity contribution in [3.05, 3.63) is 47.7 Å². The van der Waals surface area contributed by atoms with Gasteiger partial charge in [-0.25, -0.2) is 4.57 Å². The SMILES string of the molecule is CCOP(=O)(OCC)OC1=CCON(Cc2ccccc2)[C@H]1[C@H](O)CO. The predicted molar refractivity (Wildman–Crippen MR) is 94.8 cm³/mol. The van der Waals surface area contributed by atoms with E-state index < -0.39 is 26.6 Å². The molecule has 2 rings (SSSR count). The summed E-state index contributed by atoms with van der Waals surface area (Å²) in [5.41, 5.74) is 0.946. The molecule has 2 atom stereocenters. The maximum absolute atomic E-state index is 12.7. The van der Waals surface area contributed by atoms with Crippen LogP contribution in [0.15, 0.2) is 42.2 Å².